The van der Waals surface area contributed by atoms with Crippen molar-refractivity contribution in [2.45, 2.75) is 25.8 Å². The molecule has 1 fully saturated rings. The highest BCUT2D eigenvalue weighted by atomic mass is 16.5. The number of nitrogens with zero attached hydrogens (tertiary/aromatic N) is 1. The maximum absolute atomic E-state index is 12.6. The largest absolute Gasteiger partial charge is 0.497 e. The SMILES string of the molecule is COCCNC(=O)C1CCC(C)N(C(=O)Nc2ccc(OC)cc2)C1. The Hall–Kier alpha value is -2.28. The molecule has 1 saturated heterocycles. The molecule has 138 valence electrons. The van der Waals surface area contributed by atoms with Crippen molar-refractivity contribution in [2.24, 2.45) is 5.92 Å². The molecule has 1 aliphatic rings. The van der Waals surface area contributed by atoms with Crippen LogP contribution < -0.4 is 15.4 Å². The number of anilines is 1. The number of likely N-dealkylation sites (tertiary alicyclic amines) is 1. The second-order valence-corrected chi connectivity index (χ2v) is 6.22. The molecule has 1 aliphatic heterocycles. The van der Waals surface area contributed by atoms with E-state index < -0.39 is 0 Å². The molecule has 2 rings (SSSR count). The zero-order chi connectivity index (χ0) is 18.2. The first kappa shape index (κ1) is 19.1. The van der Waals surface area contributed by atoms with Crippen LogP contribution in [0.1, 0.15) is 19.8 Å². The van der Waals surface area contributed by atoms with Crippen LogP contribution in [0, 0.1) is 5.92 Å². The summed E-state index contributed by atoms with van der Waals surface area (Å²) in [5.41, 5.74) is 0.699. The molecule has 2 atom stereocenters. The second kappa shape index (κ2) is 9.27. The van der Waals surface area contributed by atoms with E-state index in [0.29, 0.717) is 25.4 Å². The lowest BCUT2D eigenvalue weighted by Gasteiger charge is -2.37. The quantitative estimate of drug-likeness (QED) is 0.771. The zero-order valence-corrected chi connectivity index (χ0v) is 15.1. The normalized spacial score (nSPS) is 20.0. The van der Waals surface area contributed by atoms with Crippen LogP contribution in [0.3, 0.4) is 0 Å². The summed E-state index contributed by atoms with van der Waals surface area (Å²) >= 11 is 0. The minimum absolute atomic E-state index is 0.0220. The maximum atomic E-state index is 12.6. The average molecular weight is 349 g/mol. The van der Waals surface area contributed by atoms with Gasteiger partial charge >= 0.3 is 6.03 Å². The molecule has 0 saturated carbocycles. The first-order valence-corrected chi connectivity index (χ1v) is 8.53. The number of amides is 3. The molecule has 1 heterocycles. The van der Waals surface area contributed by atoms with Gasteiger partial charge < -0.3 is 25.0 Å². The Labute approximate surface area is 148 Å². The minimum Gasteiger partial charge on any atom is -0.497 e. The topological polar surface area (TPSA) is 79.9 Å². The number of rotatable bonds is 6. The Kier molecular flexibility index (Phi) is 7.06. The van der Waals surface area contributed by atoms with Crippen molar-refractivity contribution in [2.75, 3.05) is 39.2 Å². The van der Waals surface area contributed by atoms with Crippen molar-refractivity contribution in [3.63, 3.8) is 0 Å². The lowest BCUT2D eigenvalue weighted by Crippen LogP contribution is -2.51. The van der Waals surface area contributed by atoms with Gasteiger partial charge in [-0.1, -0.05) is 0 Å². The van der Waals surface area contributed by atoms with E-state index >= 15 is 0 Å². The van der Waals surface area contributed by atoms with E-state index in [1.807, 2.05) is 6.92 Å². The summed E-state index contributed by atoms with van der Waals surface area (Å²) in [6.07, 6.45) is 1.59. The summed E-state index contributed by atoms with van der Waals surface area (Å²) in [6, 6.07) is 7.08. The predicted octanol–water partition coefficient (Wildman–Crippen LogP) is 2.09. The highest BCUT2D eigenvalue weighted by molar-refractivity contribution is 5.90. The van der Waals surface area contributed by atoms with E-state index in [9.17, 15) is 9.59 Å². The number of hydrogen-bond donors (Lipinski definition) is 2. The standard InChI is InChI=1S/C18H27N3O4/c1-13-4-5-14(17(22)19-10-11-24-2)12-21(13)18(23)20-15-6-8-16(25-3)9-7-15/h6-9,13-14H,4-5,10-12H2,1-3H3,(H,19,22)(H,20,23). The molecule has 0 bridgehead atoms. The molecule has 0 radical (unpaired) electrons. The van der Waals surface area contributed by atoms with Crippen molar-refractivity contribution in [1.29, 1.82) is 0 Å². The summed E-state index contributed by atoms with van der Waals surface area (Å²) in [5.74, 6) is 0.526. The Bertz CT molecular complexity index is 576. The Morgan fingerprint density at radius 2 is 1.92 bits per heavy atom. The summed E-state index contributed by atoms with van der Waals surface area (Å²) in [4.78, 5) is 26.6. The summed E-state index contributed by atoms with van der Waals surface area (Å²) in [7, 11) is 3.19. The van der Waals surface area contributed by atoms with Gasteiger partial charge in [-0.3, -0.25) is 4.79 Å². The molecule has 7 nitrogen and oxygen atoms in total. The van der Waals surface area contributed by atoms with E-state index in [-0.39, 0.29) is 23.9 Å². The monoisotopic (exact) mass is 349 g/mol. The molecule has 3 amide bonds. The van der Waals surface area contributed by atoms with Gasteiger partial charge in [0.05, 0.1) is 19.6 Å². The second-order valence-electron chi connectivity index (χ2n) is 6.22. The number of methoxy groups -OCH3 is 2. The van der Waals surface area contributed by atoms with Gasteiger partial charge in [-0.05, 0) is 44.0 Å². The van der Waals surface area contributed by atoms with Crippen LogP contribution in [0.25, 0.3) is 0 Å². The zero-order valence-electron chi connectivity index (χ0n) is 15.1. The molecular formula is C18H27N3O4. The van der Waals surface area contributed by atoms with Crippen molar-refractivity contribution in [3.05, 3.63) is 24.3 Å². The molecule has 25 heavy (non-hydrogen) atoms. The summed E-state index contributed by atoms with van der Waals surface area (Å²) in [6.45, 7) is 3.39. The number of carbonyl (C=O) groups is 2. The highest BCUT2D eigenvalue weighted by Crippen LogP contribution is 2.23. The van der Waals surface area contributed by atoms with E-state index in [4.69, 9.17) is 9.47 Å². The Morgan fingerprint density at radius 3 is 2.56 bits per heavy atom. The minimum atomic E-state index is -0.188. The fourth-order valence-electron chi connectivity index (χ4n) is 2.89. The fraction of sp³-hybridized carbons (Fsp3) is 0.556. The molecular weight excluding hydrogens is 322 g/mol. The third kappa shape index (κ3) is 5.35. The molecule has 7 heteroatoms. The number of ether oxygens (including phenoxy) is 2. The van der Waals surface area contributed by atoms with Crippen LogP contribution in [0.15, 0.2) is 24.3 Å². The number of hydrogen-bond acceptors (Lipinski definition) is 4. The van der Waals surface area contributed by atoms with Gasteiger partial charge in [-0.25, -0.2) is 4.79 Å². The van der Waals surface area contributed by atoms with E-state index in [0.717, 1.165) is 18.6 Å². The molecule has 0 aromatic heterocycles. The number of nitrogens with one attached hydrogen (secondary N) is 2. The van der Waals surface area contributed by atoms with Crippen LogP contribution in [0.5, 0.6) is 5.75 Å². The third-order valence-electron chi connectivity index (χ3n) is 4.46. The van der Waals surface area contributed by atoms with Gasteiger partial charge in [0.2, 0.25) is 5.91 Å². The van der Waals surface area contributed by atoms with Crippen molar-refractivity contribution in [1.82, 2.24) is 10.2 Å². The molecule has 2 unspecified atom stereocenters. The summed E-state index contributed by atoms with van der Waals surface area (Å²) < 4.78 is 10.1. The molecule has 1 aromatic rings. The number of piperidine rings is 1. The van der Waals surface area contributed by atoms with Crippen LogP contribution in [-0.4, -0.2) is 56.8 Å². The lowest BCUT2D eigenvalue weighted by atomic mass is 9.93. The molecule has 1 aromatic carbocycles. The molecule has 0 aliphatic carbocycles. The lowest BCUT2D eigenvalue weighted by molar-refractivity contribution is -0.126. The van der Waals surface area contributed by atoms with Gasteiger partial charge in [0.25, 0.3) is 0 Å². The van der Waals surface area contributed by atoms with E-state index in [1.54, 1.807) is 43.4 Å². The van der Waals surface area contributed by atoms with Gasteiger partial charge in [0.1, 0.15) is 5.75 Å². The first-order valence-electron chi connectivity index (χ1n) is 8.53. The van der Waals surface area contributed by atoms with Gasteiger partial charge in [0.15, 0.2) is 0 Å². The Balaban J connectivity index is 1.93. The highest BCUT2D eigenvalue weighted by Gasteiger charge is 2.32. The first-order chi connectivity index (χ1) is 12.0. The average Bonchev–Trinajstić information content (AvgIpc) is 2.62. The van der Waals surface area contributed by atoms with Crippen molar-refractivity contribution in [3.8, 4) is 5.75 Å². The van der Waals surface area contributed by atoms with Gasteiger partial charge in [-0.15, -0.1) is 0 Å². The van der Waals surface area contributed by atoms with Crippen LogP contribution in [0.4, 0.5) is 10.5 Å². The number of urea groups is 1. The molecule has 0 spiro atoms. The fourth-order valence-corrected chi connectivity index (χ4v) is 2.89. The number of benzene rings is 1. The summed E-state index contributed by atoms with van der Waals surface area (Å²) in [5, 5.41) is 5.74. The predicted molar refractivity (Wildman–Crippen MR) is 95.8 cm³/mol. The van der Waals surface area contributed by atoms with Crippen molar-refractivity contribution < 1.29 is 19.1 Å². The van der Waals surface area contributed by atoms with Crippen molar-refractivity contribution >= 4 is 17.6 Å². The third-order valence-corrected chi connectivity index (χ3v) is 4.46. The number of carbonyl (C=O) groups excluding carboxylic acids is 2. The Morgan fingerprint density at radius 1 is 1.20 bits per heavy atom. The van der Waals surface area contributed by atoms with Crippen LogP contribution in [-0.2, 0) is 9.53 Å². The smallest absolute Gasteiger partial charge is 0.322 e. The molecule has 2 N–H and O–H groups in total. The van der Waals surface area contributed by atoms with Crippen LogP contribution in [0.2, 0.25) is 0 Å². The van der Waals surface area contributed by atoms with Gasteiger partial charge in [0, 0.05) is 31.9 Å². The van der Waals surface area contributed by atoms with Gasteiger partial charge in [-0.2, -0.15) is 0 Å². The van der Waals surface area contributed by atoms with Crippen LogP contribution >= 0.6 is 0 Å². The van der Waals surface area contributed by atoms with E-state index in [2.05, 4.69) is 10.6 Å². The maximum Gasteiger partial charge on any atom is 0.322 e. The van der Waals surface area contributed by atoms with E-state index in [1.165, 1.54) is 0 Å².